The largest absolute Gasteiger partial charge is 0.356 e. The summed E-state index contributed by atoms with van der Waals surface area (Å²) in [5, 5.41) is 3.15. The van der Waals surface area contributed by atoms with Crippen LogP contribution in [0.3, 0.4) is 0 Å². The third-order valence-corrected chi connectivity index (χ3v) is 5.33. The molecule has 0 heterocycles. The molecule has 0 radical (unpaired) electrons. The van der Waals surface area contributed by atoms with Crippen LogP contribution in [0.25, 0.3) is 0 Å². The van der Waals surface area contributed by atoms with E-state index in [2.05, 4.69) is 12.2 Å². The first-order valence-corrected chi connectivity index (χ1v) is 8.65. The van der Waals surface area contributed by atoms with Crippen LogP contribution in [0.15, 0.2) is 0 Å². The Morgan fingerprint density at radius 2 is 1.85 bits per heavy atom. The van der Waals surface area contributed by atoms with Crippen LogP contribution in [-0.4, -0.2) is 18.5 Å². The fourth-order valence-corrected chi connectivity index (χ4v) is 3.81. The Labute approximate surface area is 124 Å². The van der Waals surface area contributed by atoms with Gasteiger partial charge in [0, 0.05) is 19.0 Å². The average molecular weight is 280 g/mol. The lowest BCUT2D eigenvalue weighted by Gasteiger charge is -2.27. The van der Waals surface area contributed by atoms with Gasteiger partial charge in [-0.25, -0.2) is 0 Å². The quantitative estimate of drug-likeness (QED) is 0.812. The average Bonchev–Trinajstić information content (AvgIpc) is 2.45. The van der Waals surface area contributed by atoms with Crippen molar-refractivity contribution in [1.82, 2.24) is 5.32 Å². The maximum absolute atomic E-state index is 11.9. The molecule has 2 saturated carbocycles. The number of hydrogen-bond donors (Lipinski definition) is 2. The molecule has 0 aromatic rings. The zero-order valence-corrected chi connectivity index (χ0v) is 13.1. The molecule has 3 heteroatoms. The van der Waals surface area contributed by atoms with Gasteiger partial charge in [0.05, 0.1) is 0 Å². The predicted octanol–water partition coefficient (Wildman–Crippen LogP) is 3.23. The third kappa shape index (κ3) is 5.43. The maximum Gasteiger partial charge on any atom is 0.220 e. The molecule has 2 atom stereocenters. The van der Waals surface area contributed by atoms with Gasteiger partial charge in [-0.3, -0.25) is 4.79 Å². The van der Waals surface area contributed by atoms with E-state index in [1.54, 1.807) is 0 Å². The van der Waals surface area contributed by atoms with Crippen LogP contribution >= 0.6 is 0 Å². The highest BCUT2D eigenvalue weighted by Gasteiger charge is 2.21. The molecule has 2 fully saturated rings. The molecule has 0 spiro atoms. The van der Waals surface area contributed by atoms with Crippen molar-refractivity contribution in [2.45, 2.75) is 77.2 Å². The second-order valence-corrected chi connectivity index (χ2v) is 7.26. The standard InChI is InChI=1S/C17H32N2O/c1-13-5-7-15(8-6-13)12-19-17(20)10-9-14-3-2-4-16(18)11-14/h13-16H,2-12,18H2,1H3,(H,19,20). The van der Waals surface area contributed by atoms with E-state index in [0.717, 1.165) is 31.2 Å². The van der Waals surface area contributed by atoms with Gasteiger partial charge in [-0.2, -0.15) is 0 Å². The summed E-state index contributed by atoms with van der Waals surface area (Å²) in [6.45, 7) is 3.24. The Hall–Kier alpha value is -0.570. The third-order valence-electron chi connectivity index (χ3n) is 5.33. The Balaban J connectivity index is 1.56. The second-order valence-electron chi connectivity index (χ2n) is 7.26. The van der Waals surface area contributed by atoms with Crippen LogP contribution in [-0.2, 0) is 4.79 Å². The Bertz CT molecular complexity index is 297. The number of amides is 1. The summed E-state index contributed by atoms with van der Waals surface area (Å²) in [4.78, 5) is 11.9. The highest BCUT2D eigenvalue weighted by molar-refractivity contribution is 5.75. The zero-order chi connectivity index (χ0) is 14.4. The van der Waals surface area contributed by atoms with Crippen molar-refractivity contribution in [3.63, 3.8) is 0 Å². The Morgan fingerprint density at radius 3 is 2.55 bits per heavy atom. The van der Waals surface area contributed by atoms with Gasteiger partial charge < -0.3 is 11.1 Å². The summed E-state index contributed by atoms with van der Waals surface area (Å²) in [5.74, 6) is 2.54. The summed E-state index contributed by atoms with van der Waals surface area (Å²) >= 11 is 0. The lowest BCUT2D eigenvalue weighted by molar-refractivity contribution is -0.121. The lowest BCUT2D eigenvalue weighted by Crippen LogP contribution is -2.32. The first-order chi connectivity index (χ1) is 9.63. The zero-order valence-electron chi connectivity index (χ0n) is 13.1. The maximum atomic E-state index is 11.9. The number of rotatable bonds is 5. The molecule has 20 heavy (non-hydrogen) atoms. The SMILES string of the molecule is CC1CCC(CNC(=O)CCC2CCCC(N)C2)CC1. The van der Waals surface area contributed by atoms with Crippen molar-refractivity contribution in [3.8, 4) is 0 Å². The summed E-state index contributed by atoms with van der Waals surface area (Å²) in [5.41, 5.74) is 6.00. The molecule has 3 nitrogen and oxygen atoms in total. The van der Waals surface area contributed by atoms with Crippen molar-refractivity contribution in [3.05, 3.63) is 0 Å². The van der Waals surface area contributed by atoms with E-state index in [1.165, 1.54) is 44.9 Å². The molecule has 0 saturated heterocycles. The molecule has 0 aromatic carbocycles. The topological polar surface area (TPSA) is 55.1 Å². The molecule has 2 aliphatic carbocycles. The predicted molar refractivity (Wildman–Crippen MR) is 83.3 cm³/mol. The Kier molecular flexibility index (Phi) is 6.34. The van der Waals surface area contributed by atoms with E-state index in [-0.39, 0.29) is 5.91 Å². The van der Waals surface area contributed by atoms with Gasteiger partial charge >= 0.3 is 0 Å². The number of hydrogen-bond acceptors (Lipinski definition) is 2. The van der Waals surface area contributed by atoms with E-state index in [9.17, 15) is 4.79 Å². The van der Waals surface area contributed by atoms with Gasteiger partial charge in [0.2, 0.25) is 5.91 Å². The lowest BCUT2D eigenvalue weighted by atomic mass is 9.82. The van der Waals surface area contributed by atoms with Gasteiger partial charge in [-0.1, -0.05) is 32.6 Å². The van der Waals surface area contributed by atoms with Crippen LogP contribution in [0.1, 0.15) is 71.1 Å². The fourth-order valence-electron chi connectivity index (χ4n) is 3.81. The monoisotopic (exact) mass is 280 g/mol. The van der Waals surface area contributed by atoms with Crippen LogP contribution in [0.4, 0.5) is 0 Å². The fraction of sp³-hybridized carbons (Fsp3) is 0.941. The van der Waals surface area contributed by atoms with E-state index >= 15 is 0 Å². The van der Waals surface area contributed by atoms with Gasteiger partial charge in [-0.05, 0) is 49.9 Å². The summed E-state index contributed by atoms with van der Waals surface area (Å²) in [7, 11) is 0. The molecule has 116 valence electrons. The second kappa shape index (κ2) is 8.02. The van der Waals surface area contributed by atoms with Crippen molar-refractivity contribution in [1.29, 1.82) is 0 Å². The first-order valence-electron chi connectivity index (χ1n) is 8.65. The molecule has 0 bridgehead atoms. The molecule has 3 N–H and O–H groups in total. The minimum atomic E-state index is 0.253. The van der Waals surface area contributed by atoms with Crippen molar-refractivity contribution >= 4 is 5.91 Å². The van der Waals surface area contributed by atoms with E-state index in [0.29, 0.717) is 18.4 Å². The van der Waals surface area contributed by atoms with E-state index in [4.69, 9.17) is 5.73 Å². The minimum absolute atomic E-state index is 0.253. The molecule has 2 rings (SSSR count). The number of nitrogens with two attached hydrogens (primary N) is 1. The summed E-state index contributed by atoms with van der Waals surface area (Å²) in [6.07, 6.45) is 11.8. The van der Waals surface area contributed by atoms with E-state index in [1.807, 2.05) is 0 Å². The normalized spacial score (nSPS) is 34.7. The van der Waals surface area contributed by atoms with Crippen molar-refractivity contribution in [2.24, 2.45) is 23.5 Å². The first kappa shape index (κ1) is 15.8. The van der Waals surface area contributed by atoms with Gasteiger partial charge in [-0.15, -0.1) is 0 Å². The number of carbonyl (C=O) groups excluding carboxylic acids is 1. The molecule has 1 amide bonds. The minimum Gasteiger partial charge on any atom is -0.356 e. The highest BCUT2D eigenvalue weighted by Crippen LogP contribution is 2.28. The molecule has 2 aliphatic rings. The van der Waals surface area contributed by atoms with Crippen molar-refractivity contribution < 1.29 is 4.79 Å². The van der Waals surface area contributed by atoms with Gasteiger partial charge in [0.1, 0.15) is 0 Å². The Morgan fingerprint density at radius 1 is 1.10 bits per heavy atom. The van der Waals surface area contributed by atoms with Crippen LogP contribution < -0.4 is 11.1 Å². The van der Waals surface area contributed by atoms with Gasteiger partial charge in [0.25, 0.3) is 0 Å². The van der Waals surface area contributed by atoms with E-state index < -0.39 is 0 Å². The molecule has 2 unspecified atom stereocenters. The van der Waals surface area contributed by atoms with Crippen LogP contribution in [0, 0.1) is 17.8 Å². The smallest absolute Gasteiger partial charge is 0.220 e. The van der Waals surface area contributed by atoms with Crippen LogP contribution in [0.5, 0.6) is 0 Å². The number of nitrogens with one attached hydrogen (secondary N) is 1. The molecule has 0 aromatic heterocycles. The summed E-state index contributed by atoms with van der Waals surface area (Å²) < 4.78 is 0. The number of carbonyl (C=O) groups is 1. The van der Waals surface area contributed by atoms with Gasteiger partial charge in [0.15, 0.2) is 0 Å². The molecular formula is C17H32N2O. The summed E-state index contributed by atoms with van der Waals surface area (Å²) in [6, 6.07) is 0.376. The highest BCUT2D eigenvalue weighted by atomic mass is 16.1. The van der Waals surface area contributed by atoms with Crippen LogP contribution in [0.2, 0.25) is 0 Å². The molecular weight excluding hydrogens is 248 g/mol. The van der Waals surface area contributed by atoms with Crippen molar-refractivity contribution in [2.75, 3.05) is 6.54 Å². The molecule has 0 aliphatic heterocycles.